The van der Waals surface area contributed by atoms with Gasteiger partial charge in [-0.1, -0.05) is 41.7 Å². The Kier molecular flexibility index (Phi) is 6.56. The van der Waals surface area contributed by atoms with Gasteiger partial charge in [0, 0.05) is 12.5 Å². The van der Waals surface area contributed by atoms with E-state index in [0.29, 0.717) is 31.9 Å². The van der Waals surface area contributed by atoms with Crippen molar-refractivity contribution in [1.82, 2.24) is 4.57 Å². The number of hydrogen-bond acceptors (Lipinski definition) is 7. The summed E-state index contributed by atoms with van der Waals surface area (Å²) in [5.41, 5.74) is 1.34. The molecule has 1 aromatic heterocycles. The number of esters is 2. The molecule has 0 spiro atoms. The average molecular weight is 481 g/mol. The number of allylic oxidation sites excluding steroid dienone is 1. The van der Waals surface area contributed by atoms with Gasteiger partial charge in [-0.25, -0.2) is 14.2 Å². The third-order valence-corrected chi connectivity index (χ3v) is 6.15. The van der Waals surface area contributed by atoms with Crippen molar-refractivity contribution in [1.29, 1.82) is 0 Å². The van der Waals surface area contributed by atoms with Gasteiger partial charge in [0.2, 0.25) is 0 Å². The first-order valence-corrected chi connectivity index (χ1v) is 11.3. The van der Waals surface area contributed by atoms with E-state index in [1.807, 2.05) is 0 Å². The summed E-state index contributed by atoms with van der Waals surface area (Å²) in [5.74, 6) is -1.18. The highest BCUT2D eigenvalue weighted by atomic mass is 32.1. The fourth-order valence-corrected chi connectivity index (χ4v) is 4.78. The molecule has 1 aliphatic rings. The molecule has 0 saturated carbocycles. The van der Waals surface area contributed by atoms with Crippen LogP contribution in [-0.2, 0) is 14.3 Å². The van der Waals surface area contributed by atoms with E-state index in [0.717, 1.165) is 11.3 Å². The second-order valence-corrected chi connectivity index (χ2v) is 8.49. The van der Waals surface area contributed by atoms with Gasteiger partial charge in [0.15, 0.2) is 4.80 Å². The summed E-state index contributed by atoms with van der Waals surface area (Å²) in [4.78, 5) is 42.8. The van der Waals surface area contributed by atoms with Crippen LogP contribution in [0.1, 0.15) is 37.9 Å². The van der Waals surface area contributed by atoms with Crippen molar-refractivity contribution in [3.63, 3.8) is 0 Å². The number of ether oxygens (including phenoxy) is 2. The molecule has 1 atom stereocenters. The minimum Gasteiger partial charge on any atom is -0.463 e. The zero-order chi connectivity index (χ0) is 24.4. The molecule has 0 fully saturated rings. The number of para-hydroxylation sites is 1. The van der Waals surface area contributed by atoms with Crippen molar-refractivity contribution in [3.8, 4) is 5.75 Å². The van der Waals surface area contributed by atoms with Crippen LogP contribution in [0.25, 0.3) is 6.08 Å². The number of halogens is 1. The number of rotatable bonds is 5. The summed E-state index contributed by atoms with van der Waals surface area (Å²) in [6.45, 7) is 4.82. The maximum absolute atomic E-state index is 13.6. The average Bonchev–Trinajstić information content (AvgIpc) is 3.09. The molecule has 0 bridgehead atoms. The smallest absolute Gasteiger partial charge is 0.338 e. The lowest BCUT2D eigenvalue weighted by molar-refractivity contribution is -0.139. The Bertz CT molecular complexity index is 1480. The van der Waals surface area contributed by atoms with Gasteiger partial charge >= 0.3 is 11.9 Å². The van der Waals surface area contributed by atoms with Crippen molar-refractivity contribution in [2.75, 3.05) is 6.61 Å². The molecule has 174 valence electrons. The second-order valence-electron chi connectivity index (χ2n) is 7.49. The SMILES string of the molecule is CCOC(=O)C1=C(C)N=c2s/c(=C\c3ccccc3OC(C)=O)c(=O)n2[C@H]1c1ccc(F)cc1. The number of aromatic nitrogens is 1. The van der Waals surface area contributed by atoms with Gasteiger partial charge in [-0.15, -0.1) is 0 Å². The fourth-order valence-electron chi connectivity index (χ4n) is 3.74. The van der Waals surface area contributed by atoms with Crippen molar-refractivity contribution in [2.24, 2.45) is 4.99 Å². The molecule has 4 rings (SSSR count). The summed E-state index contributed by atoms with van der Waals surface area (Å²) in [5, 5.41) is 0. The Morgan fingerprint density at radius 1 is 1.18 bits per heavy atom. The lowest BCUT2D eigenvalue weighted by atomic mass is 9.96. The number of hydrogen-bond donors (Lipinski definition) is 0. The first-order valence-electron chi connectivity index (χ1n) is 10.5. The Labute approximate surface area is 198 Å². The summed E-state index contributed by atoms with van der Waals surface area (Å²) < 4.78 is 25.9. The van der Waals surface area contributed by atoms with Crippen LogP contribution in [-0.4, -0.2) is 23.1 Å². The Balaban J connectivity index is 1.94. The van der Waals surface area contributed by atoms with Crippen LogP contribution in [0.4, 0.5) is 4.39 Å². The molecule has 3 aromatic rings. The maximum atomic E-state index is 13.6. The van der Waals surface area contributed by atoms with Gasteiger partial charge in [-0.3, -0.25) is 14.2 Å². The highest BCUT2D eigenvalue weighted by Crippen LogP contribution is 2.30. The first-order chi connectivity index (χ1) is 16.3. The van der Waals surface area contributed by atoms with Gasteiger partial charge in [0.25, 0.3) is 5.56 Å². The molecular formula is C25H21FN2O5S. The molecule has 2 aromatic carbocycles. The van der Waals surface area contributed by atoms with E-state index in [2.05, 4.69) is 4.99 Å². The highest BCUT2D eigenvalue weighted by molar-refractivity contribution is 7.07. The second kappa shape index (κ2) is 9.56. The van der Waals surface area contributed by atoms with Crippen molar-refractivity contribution < 1.29 is 23.5 Å². The summed E-state index contributed by atoms with van der Waals surface area (Å²) in [6, 6.07) is 11.6. The predicted octanol–water partition coefficient (Wildman–Crippen LogP) is 2.86. The molecule has 0 saturated heterocycles. The van der Waals surface area contributed by atoms with E-state index < -0.39 is 23.8 Å². The number of nitrogens with zero attached hydrogens (tertiary/aromatic N) is 2. The standard InChI is InChI=1S/C25H21FN2O5S/c1-4-32-24(31)21-14(2)27-25-28(22(21)16-9-11-18(26)12-10-16)23(30)20(34-25)13-17-7-5-6-8-19(17)33-15(3)29/h5-13,22H,4H2,1-3H3/b20-13-/t22-/m0/s1. The number of carbonyl (C=O) groups excluding carboxylic acids is 2. The quantitative estimate of drug-likeness (QED) is 0.414. The topological polar surface area (TPSA) is 87.0 Å². The van der Waals surface area contributed by atoms with Crippen molar-refractivity contribution in [2.45, 2.75) is 26.8 Å². The van der Waals surface area contributed by atoms with Gasteiger partial charge in [-0.05, 0) is 43.7 Å². The predicted molar refractivity (Wildman–Crippen MR) is 125 cm³/mol. The van der Waals surface area contributed by atoms with Crippen LogP contribution in [0.15, 0.2) is 69.6 Å². The molecule has 7 nitrogen and oxygen atoms in total. The lowest BCUT2D eigenvalue weighted by Crippen LogP contribution is -2.39. The number of benzene rings is 2. The Hall–Kier alpha value is -3.85. The molecule has 9 heteroatoms. The zero-order valence-corrected chi connectivity index (χ0v) is 19.5. The van der Waals surface area contributed by atoms with Gasteiger partial charge in [0.1, 0.15) is 11.6 Å². The van der Waals surface area contributed by atoms with Crippen LogP contribution in [0.3, 0.4) is 0 Å². The zero-order valence-electron chi connectivity index (χ0n) is 18.7. The normalized spacial score (nSPS) is 15.5. The molecule has 34 heavy (non-hydrogen) atoms. The molecular weight excluding hydrogens is 459 g/mol. The molecule has 0 N–H and O–H groups in total. The minimum atomic E-state index is -0.832. The van der Waals surface area contributed by atoms with Gasteiger partial charge in [0.05, 0.1) is 28.5 Å². The minimum absolute atomic E-state index is 0.156. The van der Waals surface area contributed by atoms with E-state index in [1.165, 1.54) is 35.8 Å². The van der Waals surface area contributed by atoms with E-state index in [9.17, 15) is 18.8 Å². The van der Waals surface area contributed by atoms with Crippen LogP contribution in [0.5, 0.6) is 5.75 Å². The lowest BCUT2D eigenvalue weighted by Gasteiger charge is -2.24. The van der Waals surface area contributed by atoms with Crippen LogP contribution in [0, 0.1) is 5.82 Å². The van der Waals surface area contributed by atoms with Crippen molar-refractivity contribution in [3.05, 3.63) is 96.4 Å². The Morgan fingerprint density at radius 2 is 1.88 bits per heavy atom. The fraction of sp³-hybridized carbons (Fsp3) is 0.200. The first kappa shape index (κ1) is 23.3. The van der Waals surface area contributed by atoms with E-state index in [4.69, 9.17) is 9.47 Å². The summed E-state index contributed by atoms with van der Waals surface area (Å²) >= 11 is 1.14. The third-order valence-electron chi connectivity index (χ3n) is 5.16. The summed E-state index contributed by atoms with van der Waals surface area (Å²) in [7, 11) is 0. The van der Waals surface area contributed by atoms with Gasteiger partial charge < -0.3 is 9.47 Å². The van der Waals surface area contributed by atoms with E-state index >= 15 is 0 Å². The molecule has 0 unspecified atom stereocenters. The number of thiazole rings is 1. The Morgan fingerprint density at radius 3 is 2.56 bits per heavy atom. The maximum Gasteiger partial charge on any atom is 0.338 e. The third kappa shape index (κ3) is 4.47. The van der Waals surface area contributed by atoms with Crippen LogP contribution in [0.2, 0.25) is 0 Å². The van der Waals surface area contributed by atoms with Crippen molar-refractivity contribution >= 4 is 29.4 Å². The van der Waals surface area contributed by atoms with Crippen LogP contribution < -0.4 is 19.6 Å². The molecule has 0 aliphatic carbocycles. The molecule has 2 heterocycles. The number of carbonyl (C=O) groups is 2. The monoisotopic (exact) mass is 480 g/mol. The largest absolute Gasteiger partial charge is 0.463 e. The van der Waals surface area contributed by atoms with Gasteiger partial charge in [-0.2, -0.15) is 0 Å². The number of fused-ring (bicyclic) bond motifs is 1. The molecule has 1 aliphatic heterocycles. The van der Waals surface area contributed by atoms with Crippen LogP contribution >= 0.6 is 11.3 Å². The molecule has 0 amide bonds. The van der Waals surface area contributed by atoms with E-state index in [1.54, 1.807) is 44.2 Å². The highest BCUT2D eigenvalue weighted by Gasteiger charge is 2.33. The molecule has 0 radical (unpaired) electrons. The summed E-state index contributed by atoms with van der Waals surface area (Å²) in [6.07, 6.45) is 1.62. The van der Waals surface area contributed by atoms with E-state index in [-0.39, 0.29) is 17.7 Å².